The van der Waals surface area contributed by atoms with Crippen LogP contribution in [0, 0.1) is 5.41 Å². The number of likely N-dealkylation sites (N-methyl/N-ethyl adjacent to an activating group) is 2. The van der Waals surface area contributed by atoms with Crippen LogP contribution in [0.3, 0.4) is 0 Å². The van der Waals surface area contributed by atoms with Crippen molar-refractivity contribution in [3.63, 3.8) is 0 Å². The van der Waals surface area contributed by atoms with Crippen molar-refractivity contribution in [3.05, 3.63) is 28.8 Å². The van der Waals surface area contributed by atoms with Crippen molar-refractivity contribution in [1.82, 2.24) is 15.1 Å². The smallest absolute Gasteiger partial charge is 0.239 e. The fourth-order valence-corrected chi connectivity index (χ4v) is 4.52. The summed E-state index contributed by atoms with van der Waals surface area (Å²) in [6, 6.07) is 5.49. The van der Waals surface area contributed by atoms with Crippen molar-refractivity contribution < 1.29 is 9.53 Å². The molecule has 2 aliphatic heterocycles. The maximum Gasteiger partial charge on any atom is 0.239 e. The van der Waals surface area contributed by atoms with Crippen molar-refractivity contribution in [1.29, 1.82) is 0 Å². The summed E-state index contributed by atoms with van der Waals surface area (Å²) in [7, 11) is 5.58. The number of halogens is 1. The molecule has 0 saturated carbocycles. The van der Waals surface area contributed by atoms with Gasteiger partial charge in [-0.05, 0) is 63.0 Å². The molecule has 2 saturated heterocycles. The molecule has 1 aromatic carbocycles. The Kier molecular flexibility index (Phi) is 5.56. The number of amides is 1. The summed E-state index contributed by atoms with van der Waals surface area (Å²) in [4.78, 5) is 17.1. The predicted molar refractivity (Wildman–Crippen MR) is 100 cm³/mol. The van der Waals surface area contributed by atoms with E-state index in [-0.39, 0.29) is 11.9 Å². The molecule has 1 amide bonds. The van der Waals surface area contributed by atoms with Gasteiger partial charge in [0.1, 0.15) is 5.75 Å². The molecule has 1 atom stereocenters. The molecule has 5 nitrogen and oxygen atoms in total. The quantitative estimate of drug-likeness (QED) is 0.889. The fraction of sp³-hybridized carbons (Fsp3) is 0.632. The van der Waals surface area contributed by atoms with E-state index in [0.717, 1.165) is 50.2 Å². The zero-order valence-corrected chi connectivity index (χ0v) is 16.1. The Morgan fingerprint density at radius 1 is 1.44 bits per heavy atom. The molecule has 3 rings (SSSR count). The SMILES string of the molecule is COc1ccc(Cl)cc1CN(C)C(=O)[C@H]1CC2(CCNCC2)CN1C. The predicted octanol–water partition coefficient (Wildman–Crippen LogP) is 2.38. The minimum atomic E-state index is -0.0340. The highest BCUT2D eigenvalue weighted by Gasteiger charge is 2.46. The second kappa shape index (κ2) is 7.52. The number of piperidine rings is 1. The molecule has 138 valence electrons. The summed E-state index contributed by atoms with van der Waals surface area (Å²) in [5, 5.41) is 4.08. The molecule has 2 heterocycles. The highest BCUT2D eigenvalue weighted by molar-refractivity contribution is 6.30. The van der Waals surface area contributed by atoms with Gasteiger partial charge in [0.25, 0.3) is 0 Å². The number of carbonyl (C=O) groups excluding carboxylic acids is 1. The lowest BCUT2D eigenvalue weighted by atomic mass is 9.77. The molecule has 2 fully saturated rings. The second-order valence-electron chi connectivity index (χ2n) is 7.54. The summed E-state index contributed by atoms with van der Waals surface area (Å²) in [6.45, 7) is 3.63. The Morgan fingerprint density at radius 2 is 2.16 bits per heavy atom. The number of carbonyl (C=O) groups is 1. The molecule has 6 heteroatoms. The number of methoxy groups -OCH3 is 1. The first-order valence-electron chi connectivity index (χ1n) is 8.92. The van der Waals surface area contributed by atoms with E-state index in [9.17, 15) is 4.79 Å². The van der Waals surface area contributed by atoms with Gasteiger partial charge < -0.3 is 15.0 Å². The largest absolute Gasteiger partial charge is 0.496 e. The van der Waals surface area contributed by atoms with Gasteiger partial charge in [0.2, 0.25) is 5.91 Å². The number of rotatable bonds is 4. The lowest BCUT2D eigenvalue weighted by Crippen LogP contribution is -2.42. The van der Waals surface area contributed by atoms with E-state index < -0.39 is 0 Å². The first kappa shape index (κ1) is 18.5. The van der Waals surface area contributed by atoms with Crippen LogP contribution < -0.4 is 10.1 Å². The number of ether oxygens (including phenoxy) is 1. The van der Waals surface area contributed by atoms with Crippen LogP contribution in [0.5, 0.6) is 5.75 Å². The van der Waals surface area contributed by atoms with E-state index in [0.29, 0.717) is 17.0 Å². The molecule has 0 unspecified atom stereocenters. The van der Waals surface area contributed by atoms with Crippen LogP contribution in [0.2, 0.25) is 5.02 Å². The summed E-state index contributed by atoms with van der Waals surface area (Å²) in [5.74, 6) is 0.943. The van der Waals surface area contributed by atoms with Crippen LogP contribution >= 0.6 is 11.6 Å². The Morgan fingerprint density at radius 3 is 2.84 bits per heavy atom. The van der Waals surface area contributed by atoms with Crippen LogP contribution in [0.25, 0.3) is 0 Å². The van der Waals surface area contributed by atoms with Gasteiger partial charge in [0.05, 0.1) is 13.2 Å². The molecule has 1 aromatic rings. The first-order valence-corrected chi connectivity index (χ1v) is 9.30. The third-order valence-corrected chi connectivity index (χ3v) is 5.95. The van der Waals surface area contributed by atoms with Gasteiger partial charge in [-0.15, -0.1) is 0 Å². The van der Waals surface area contributed by atoms with E-state index >= 15 is 0 Å². The normalized spacial score (nSPS) is 23.0. The van der Waals surface area contributed by atoms with E-state index in [1.165, 1.54) is 0 Å². The van der Waals surface area contributed by atoms with E-state index in [4.69, 9.17) is 16.3 Å². The number of nitrogens with zero attached hydrogens (tertiary/aromatic N) is 2. The van der Waals surface area contributed by atoms with Gasteiger partial charge in [-0.3, -0.25) is 9.69 Å². The Balaban J connectivity index is 1.69. The Hall–Kier alpha value is -1.30. The molecule has 0 bridgehead atoms. The van der Waals surface area contributed by atoms with E-state index in [1.54, 1.807) is 18.1 Å². The number of benzene rings is 1. The molecule has 2 aliphatic rings. The fourth-order valence-electron chi connectivity index (χ4n) is 4.32. The molecule has 0 aliphatic carbocycles. The highest BCUT2D eigenvalue weighted by atomic mass is 35.5. The third-order valence-electron chi connectivity index (χ3n) is 5.72. The number of hydrogen-bond donors (Lipinski definition) is 1. The summed E-state index contributed by atoms with van der Waals surface area (Å²) in [6.07, 6.45) is 3.28. The minimum absolute atomic E-state index is 0.0340. The van der Waals surface area contributed by atoms with Crippen molar-refractivity contribution in [2.24, 2.45) is 5.41 Å². The molecule has 0 radical (unpaired) electrons. The van der Waals surface area contributed by atoms with Gasteiger partial charge in [0, 0.05) is 30.7 Å². The van der Waals surface area contributed by atoms with E-state index in [1.807, 2.05) is 19.2 Å². The second-order valence-corrected chi connectivity index (χ2v) is 7.97. The van der Waals surface area contributed by atoms with Crippen LogP contribution in [0.4, 0.5) is 0 Å². The zero-order chi connectivity index (χ0) is 18.0. The monoisotopic (exact) mass is 365 g/mol. The first-order chi connectivity index (χ1) is 11.9. The van der Waals surface area contributed by atoms with Crippen LogP contribution in [-0.4, -0.2) is 62.6 Å². The van der Waals surface area contributed by atoms with Crippen molar-refractivity contribution in [2.45, 2.75) is 31.8 Å². The number of likely N-dealkylation sites (tertiary alicyclic amines) is 1. The van der Waals surface area contributed by atoms with Crippen LogP contribution in [-0.2, 0) is 11.3 Å². The number of nitrogens with one attached hydrogen (secondary N) is 1. The molecular formula is C19H28ClN3O2. The topological polar surface area (TPSA) is 44.8 Å². The molecule has 1 N–H and O–H groups in total. The van der Waals surface area contributed by atoms with Gasteiger partial charge in [-0.25, -0.2) is 0 Å². The standard InChI is InChI=1S/C19H28ClN3O2/c1-22(12-14-10-15(20)4-5-17(14)25-3)18(24)16-11-19(13-23(16)2)6-8-21-9-7-19/h4-5,10,16,21H,6-9,11-13H2,1-3H3/t16-/m1/s1. The Bertz CT molecular complexity index is 631. The highest BCUT2D eigenvalue weighted by Crippen LogP contribution is 2.41. The average molecular weight is 366 g/mol. The molecule has 25 heavy (non-hydrogen) atoms. The summed E-state index contributed by atoms with van der Waals surface area (Å²) in [5.41, 5.74) is 1.23. The van der Waals surface area contributed by atoms with Crippen molar-refractivity contribution in [2.75, 3.05) is 40.8 Å². The Labute approximate surface area is 155 Å². The maximum absolute atomic E-state index is 13.1. The molecule has 1 spiro atoms. The van der Waals surface area contributed by atoms with Gasteiger partial charge >= 0.3 is 0 Å². The molecule has 0 aromatic heterocycles. The minimum Gasteiger partial charge on any atom is -0.496 e. The summed E-state index contributed by atoms with van der Waals surface area (Å²) < 4.78 is 5.40. The maximum atomic E-state index is 13.1. The van der Waals surface area contributed by atoms with Crippen LogP contribution in [0.15, 0.2) is 18.2 Å². The lowest BCUT2D eigenvalue weighted by molar-refractivity contribution is -0.134. The lowest BCUT2D eigenvalue weighted by Gasteiger charge is -2.33. The van der Waals surface area contributed by atoms with Crippen LogP contribution in [0.1, 0.15) is 24.8 Å². The molecular weight excluding hydrogens is 338 g/mol. The zero-order valence-electron chi connectivity index (χ0n) is 15.3. The number of hydrogen-bond acceptors (Lipinski definition) is 4. The van der Waals surface area contributed by atoms with Crippen molar-refractivity contribution >= 4 is 17.5 Å². The van der Waals surface area contributed by atoms with E-state index in [2.05, 4.69) is 17.3 Å². The van der Waals surface area contributed by atoms with Gasteiger partial charge in [-0.1, -0.05) is 11.6 Å². The summed E-state index contributed by atoms with van der Waals surface area (Å²) >= 11 is 6.11. The third kappa shape index (κ3) is 3.94. The van der Waals surface area contributed by atoms with Gasteiger partial charge in [-0.2, -0.15) is 0 Å². The average Bonchev–Trinajstić information content (AvgIpc) is 2.90. The van der Waals surface area contributed by atoms with Crippen molar-refractivity contribution in [3.8, 4) is 5.75 Å². The van der Waals surface area contributed by atoms with Gasteiger partial charge in [0.15, 0.2) is 0 Å².